The number of carbonyl (C=O) groups is 3. The zero-order chi connectivity index (χ0) is 28.4. The molecule has 0 bridgehead atoms. The summed E-state index contributed by atoms with van der Waals surface area (Å²) in [6.07, 6.45) is -1.09. The molecule has 1 fully saturated rings. The Morgan fingerprint density at radius 1 is 1.08 bits per heavy atom. The number of benzene rings is 1. The number of fused-ring (bicyclic) bond motifs is 1. The molecule has 0 unspecified atom stereocenters. The van der Waals surface area contributed by atoms with E-state index >= 15 is 0 Å². The van der Waals surface area contributed by atoms with Crippen LogP contribution in [0, 0.1) is 12.3 Å². The number of alkyl carbamates (subject to hydrolysis) is 1. The molecule has 1 aromatic carbocycles. The van der Waals surface area contributed by atoms with Crippen molar-refractivity contribution in [2.75, 3.05) is 20.8 Å². The van der Waals surface area contributed by atoms with Crippen LogP contribution in [-0.4, -0.2) is 77.4 Å². The van der Waals surface area contributed by atoms with E-state index in [0.717, 1.165) is 0 Å². The number of aryl methyl sites for hydroxylation is 1. The van der Waals surface area contributed by atoms with Crippen LogP contribution in [0.25, 0.3) is 10.9 Å². The minimum Gasteiger partial charge on any atom is -0.497 e. The second kappa shape index (κ2) is 11.0. The van der Waals surface area contributed by atoms with Crippen molar-refractivity contribution in [3.8, 4) is 11.6 Å². The number of nitrogens with zero attached hydrogens (tertiary/aromatic N) is 3. The summed E-state index contributed by atoms with van der Waals surface area (Å²) in [7, 11) is 2.84. The first-order valence-electron chi connectivity index (χ1n) is 12.5. The lowest BCUT2D eigenvalue weighted by Crippen LogP contribution is -2.57. The maximum atomic E-state index is 13.8. The van der Waals surface area contributed by atoms with Gasteiger partial charge in [-0.15, -0.1) is 0 Å². The van der Waals surface area contributed by atoms with Crippen molar-refractivity contribution >= 4 is 28.9 Å². The predicted molar refractivity (Wildman–Crippen MR) is 140 cm³/mol. The highest BCUT2D eigenvalue weighted by Gasteiger charge is 2.46. The van der Waals surface area contributed by atoms with Crippen molar-refractivity contribution in [1.82, 2.24) is 20.2 Å². The van der Waals surface area contributed by atoms with Gasteiger partial charge in [0.05, 0.1) is 31.7 Å². The van der Waals surface area contributed by atoms with Crippen molar-refractivity contribution < 1.29 is 33.3 Å². The molecule has 3 atom stereocenters. The Hall–Kier alpha value is -3.63. The summed E-state index contributed by atoms with van der Waals surface area (Å²) in [4.78, 5) is 49.5. The molecule has 1 aliphatic heterocycles. The smallest absolute Gasteiger partial charge is 0.408 e. The van der Waals surface area contributed by atoms with Gasteiger partial charge in [0.15, 0.2) is 0 Å². The third-order valence-corrected chi connectivity index (χ3v) is 6.05. The van der Waals surface area contributed by atoms with Gasteiger partial charge in [0, 0.05) is 6.42 Å². The first-order chi connectivity index (χ1) is 17.6. The van der Waals surface area contributed by atoms with E-state index in [0.29, 0.717) is 28.4 Å². The first-order valence-corrected chi connectivity index (χ1v) is 12.5. The van der Waals surface area contributed by atoms with Crippen LogP contribution in [0.15, 0.2) is 18.2 Å². The van der Waals surface area contributed by atoms with Crippen LogP contribution in [-0.2, 0) is 19.1 Å². The number of hydrogen-bond acceptors (Lipinski definition) is 9. The maximum Gasteiger partial charge on any atom is 0.408 e. The van der Waals surface area contributed by atoms with Gasteiger partial charge >= 0.3 is 12.1 Å². The van der Waals surface area contributed by atoms with Crippen LogP contribution in [0.1, 0.15) is 53.8 Å². The Balaban J connectivity index is 1.90. The summed E-state index contributed by atoms with van der Waals surface area (Å²) in [6.45, 7) is 12.6. The van der Waals surface area contributed by atoms with E-state index in [-0.39, 0.29) is 13.0 Å². The van der Waals surface area contributed by atoms with E-state index in [9.17, 15) is 14.4 Å². The highest BCUT2D eigenvalue weighted by molar-refractivity contribution is 5.91. The fourth-order valence-electron chi connectivity index (χ4n) is 4.29. The topological polar surface area (TPSA) is 129 Å². The molecule has 0 spiro atoms. The average Bonchev–Trinajstić information content (AvgIpc) is 3.23. The number of hydrogen-bond donors (Lipinski definition) is 1. The summed E-state index contributed by atoms with van der Waals surface area (Å²) in [5, 5.41) is 3.34. The van der Waals surface area contributed by atoms with Crippen molar-refractivity contribution in [3.05, 3.63) is 24.0 Å². The molecule has 38 heavy (non-hydrogen) atoms. The summed E-state index contributed by atoms with van der Waals surface area (Å²) >= 11 is 0. The second-order valence-corrected chi connectivity index (χ2v) is 11.4. The third kappa shape index (κ3) is 6.81. The minimum atomic E-state index is -0.963. The molecule has 1 N–H and O–H groups in total. The Morgan fingerprint density at radius 3 is 2.34 bits per heavy atom. The van der Waals surface area contributed by atoms with Crippen molar-refractivity contribution in [2.24, 2.45) is 5.41 Å². The number of nitrogens with one attached hydrogen (secondary N) is 1. The number of esters is 1. The van der Waals surface area contributed by atoms with Gasteiger partial charge in [0.25, 0.3) is 0 Å². The normalized spacial score (nSPS) is 18.6. The Morgan fingerprint density at radius 2 is 1.76 bits per heavy atom. The Bertz CT molecular complexity index is 1200. The fourth-order valence-corrected chi connectivity index (χ4v) is 4.29. The lowest BCUT2D eigenvalue weighted by atomic mass is 9.85. The van der Waals surface area contributed by atoms with Crippen molar-refractivity contribution in [2.45, 2.75) is 78.7 Å². The van der Waals surface area contributed by atoms with Crippen LogP contribution in [0.4, 0.5) is 4.79 Å². The van der Waals surface area contributed by atoms with Crippen LogP contribution >= 0.6 is 0 Å². The molecule has 0 aliphatic carbocycles. The summed E-state index contributed by atoms with van der Waals surface area (Å²) in [6, 6.07) is 3.53. The molecule has 11 heteroatoms. The molecule has 1 saturated heterocycles. The highest BCUT2D eigenvalue weighted by atomic mass is 16.6. The molecule has 2 heterocycles. The molecule has 2 aromatic rings. The number of ether oxygens (including phenoxy) is 4. The molecule has 3 rings (SSSR count). The van der Waals surface area contributed by atoms with Gasteiger partial charge in [-0.3, -0.25) is 4.79 Å². The average molecular weight is 531 g/mol. The van der Waals surface area contributed by atoms with E-state index in [2.05, 4.69) is 15.3 Å². The molecule has 1 aromatic heterocycles. The van der Waals surface area contributed by atoms with Gasteiger partial charge in [-0.2, -0.15) is 4.98 Å². The van der Waals surface area contributed by atoms with E-state index in [1.54, 1.807) is 46.9 Å². The summed E-state index contributed by atoms with van der Waals surface area (Å²) in [5.41, 5.74) is -0.736. The molecule has 2 amide bonds. The van der Waals surface area contributed by atoms with Crippen molar-refractivity contribution in [1.29, 1.82) is 0 Å². The first kappa shape index (κ1) is 28.9. The third-order valence-electron chi connectivity index (χ3n) is 6.05. The molecular weight excluding hydrogens is 492 g/mol. The zero-order valence-corrected chi connectivity index (χ0v) is 23.6. The van der Waals surface area contributed by atoms with Crippen LogP contribution < -0.4 is 14.8 Å². The van der Waals surface area contributed by atoms with Gasteiger partial charge < -0.3 is 29.2 Å². The number of carbonyl (C=O) groups excluding carboxylic acids is 3. The van der Waals surface area contributed by atoms with Crippen LogP contribution in [0.5, 0.6) is 11.6 Å². The zero-order valence-electron chi connectivity index (χ0n) is 23.6. The largest absolute Gasteiger partial charge is 0.497 e. The molecular formula is C27H38N4O7. The second-order valence-electron chi connectivity index (χ2n) is 11.4. The minimum absolute atomic E-state index is 0.0929. The Kier molecular flexibility index (Phi) is 8.38. The monoisotopic (exact) mass is 530 g/mol. The summed E-state index contributed by atoms with van der Waals surface area (Å²) in [5.74, 6) is 0.456. The number of methoxy groups -OCH3 is 2. The standard InChI is InChI=1S/C27H38N4O7/c1-15-28-19-11-10-16(35-8)12-18(19)22(29-15)37-17-13-20(24(33)36-9)31(14-17)23(32)21(26(2,3)4)30-25(34)38-27(5,6)7/h10-12,17,20-21H,13-14H2,1-9H3,(H,30,34)/t17-,20+,21-/m1/s1. The SMILES string of the molecule is COC(=O)[C@@H]1C[C@@H](Oc2nc(C)nc3ccc(OC)cc23)CN1C(=O)[C@@H](NC(=O)OC(C)(C)C)C(C)(C)C. The molecule has 1 aliphatic rings. The summed E-state index contributed by atoms with van der Waals surface area (Å²) < 4.78 is 22.0. The molecule has 11 nitrogen and oxygen atoms in total. The molecule has 0 radical (unpaired) electrons. The molecule has 0 saturated carbocycles. The fraction of sp³-hybridized carbons (Fsp3) is 0.593. The van der Waals surface area contributed by atoms with E-state index < -0.39 is 47.2 Å². The van der Waals surface area contributed by atoms with Crippen LogP contribution in [0.3, 0.4) is 0 Å². The predicted octanol–water partition coefficient (Wildman–Crippen LogP) is 3.41. The number of rotatable bonds is 6. The number of amides is 2. The van der Waals surface area contributed by atoms with Gasteiger partial charge in [0.2, 0.25) is 11.8 Å². The van der Waals surface area contributed by atoms with Gasteiger partial charge in [-0.25, -0.2) is 14.6 Å². The quantitative estimate of drug-likeness (QED) is 0.559. The van der Waals surface area contributed by atoms with Gasteiger partial charge in [-0.05, 0) is 51.3 Å². The van der Waals surface area contributed by atoms with Gasteiger partial charge in [0.1, 0.15) is 35.4 Å². The number of aromatic nitrogens is 2. The lowest BCUT2D eigenvalue weighted by Gasteiger charge is -2.35. The highest BCUT2D eigenvalue weighted by Crippen LogP contribution is 2.32. The maximum absolute atomic E-state index is 13.8. The Labute approximate surface area is 223 Å². The number of likely N-dealkylation sites (tertiary alicyclic amines) is 1. The lowest BCUT2D eigenvalue weighted by molar-refractivity contribution is -0.152. The molecule has 208 valence electrons. The van der Waals surface area contributed by atoms with Crippen LogP contribution in [0.2, 0.25) is 0 Å². The van der Waals surface area contributed by atoms with E-state index in [4.69, 9.17) is 18.9 Å². The van der Waals surface area contributed by atoms with E-state index in [1.165, 1.54) is 12.0 Å². The van der Waals surface area contributed by atoms with Gasteiger partial charge in [-0.1, -0.05) is 20.8 Å². The van der Waals surface area contributed by atoms with Crippen molar-refractivity contribution in [3.63, 3.8) is 0 Å². The van der Waals surface area contributed by atoms with E-state index in [1.807, 2.05) is 26.8 Å².